The third-order valence-corrected chi connectivity index (χ3v) is 3.43. The Kier molecular flexibility index (Phi) is 4.70. The Labute approximate surface area is 121 Å². The van der Waals surface area contributed by atoms with E-state index in [2.05, 4.69) is 26.0 Å². The molecule has 8 heteroatoms. The van der Waals surface area contributed by atoms with Crippen molar-refractivity contribution in [1.29, 1.82) is 0 Å². The minimum atomic E-state index is -3.39. The van der Waals surface area contributed by atoms with E-state index in [1.54, 1.807) is 19.2 Å². The van der Waals surface area contributed by atoms with Gasteiger partial charge in [0.1, 0.15) is 5.72 Å². The Bertz CT molecular complexity index is 573. The van der Waals surface area contributed by atoms with Gasteiger partial charge in [-0.05, 0) is 26.0 Å². The van der Waals surface area contributed by atoms with Gasteiger partial charge < -0.3 is 15.8 Å². The van der Waals surface area contributed by atoms with Crippen molar-refractivity contribution < 1.29 is 13.2 Å². The lowest BCUT2D eigenvalue weighted by Crippen LogP contribution is -2.33. The molecule has 1 aromatic rings. The zero-order valence-corrected chi connectivity index (χ0v) is 13.6. The Hall–Kier alpha value is -0.990. The van der Waals surface area contributed by atoms with Crippen molar-refractivity contribution in [2.45, 2.75) is 19.6 Å². The summed E-state index contributed by atoms with van der Waals surface area (Å²) in [5.41, 5.74) is 6.52. The molecular formula is C11H18BrN3O3S. The summed E-state index contributed by atoms with van der Waals surface area (Å²) in [4.78, 5) is 0. The van der Waals surface area contributed by atoms with Crippen molar-refractivity contribution >= 4 is 43.0 Å². The summed E-state index contributed by atoms with van der Waals surface area (Å²) in [7, 11) is -1.83. The van der Waals surface area contributed by atoms with E-state index in [9.17, 15) is 8.42 Å². The number of methoxy groups -OCH3 is 1. The third-order valence-electron chi connectivity index (χ3n) is 2.39. The summed E-state index contributed by atoms with van der Waals surface area (Å²) in [6, 6.07) is 3.35. The van der Waals surface area contributed by atoms with Gasteiger partial charge in [-0.3, -0.25) is 4.72 Å². The SMILES string of the molecule is COC(C)(C)Nc1cc(Br)cc(NS(C)(=O)=O)c1N. The van der Waals surface area contributed by atoms with Crippen LogP contribution in [0.15, 0.2) is 16.6 Å². The number of nitrogens with two attached hydrogens (primary N) is 1. The largest absolute Gasteiger partial charge is 0.395 e. The van der Waals surface area contributed by atoms with E-state index >= 15 is 0 Å². The van der Waals surface area contributed by atoms with Crippen LogP contribution >= 0.6 is 15.9 Å². The second-order valence-electron chi connectivity index (χ2n) is 4.63. The Morgan fingerprint density at radius 2 is 1.84 bits per heavy atom. The van der Waals surface area contributed by atoms with Gasteiger partial charge in [0.25, 0.3) is 0 Å². The molecule has 0 bridgehead atoms. The molecule has 0 aliphatic carbocycles. The Morgan fingerprint density at radius 3 is 2.32 bits per heavy atom. The fourth-order valence-electron chi connectivity index (χ4n) is 1.38. The van der Waals surface area contributed by atoms with E-state index in [-0.39, 0.29) is 0 Å². The molecule has 0 saturated carbocycles. The lowest BCUT2D eigenvalue weighted by Gasteiger charge is -2.27. The van der Waals surface area contributed by atoms with E-state index in [1.807, 2.05) is 13.8 Å². The van der Waals surface area contributed by atoms with Crippen molar-refractivity contribution in [1.82, 2.24) is 0 Å². The van der Waals surface area contributed by atoms with Gasteiger partial charge in [-0.25, -0.2) is 8.42 Å². The molecule has 0 aliphatic heterocycles. The van der Waals surface area contributed by atoms with E-state index in [1.165, 1.54) is 0 Å². The zero-order chi connectivity index (χ0) is 14.8. The van der Waals surface area contributed by atoms with Crippen LogP contribution in [0.25, 0.3) is 0 Å². The molecule has 4 N–H and O–H groups in total. The number of sulfonamides is 1. The molecule has 1 aromatic carbocycles. The second kappa shape index (κ2) is 5.56. The van der Waals surface area contributed by atoms with Gasteiger partial charge >= 0.3 is 0 Å². The molecule has 6 nitrogen and oxygen atoms in total. The molecule has 0 heterocycles. The summed E-state index contributed by atoms with van der Waals surface area (Å²) in [5.74, 6) is 0. The number of nitrogens with one attached hydrogen (secondary N) is 2. The minimum Gasteiger partial charge on any atom is -0.395 e. The molecule has 1 rings (SSSR count). The molecular weight excluding hydrogens is 334 g/mol. The van der Waals surface area contributed by atoms with Crippen LogP contribution in [0.3, 0.4) is 0 Å². The number of halogens is 1. The predicted octanol–water partition coefficient (Wildman–Crippen LogP) is 2.20. The molecule has 0 amide bonds. The van der Waals surface area contributed by atoms with Gasteiger partial charge in [0.2, 0.25) is 10.0 Å². The first-order valence-electron chi connectivity index (χ1n) is 5.44. The summed E-state index contributed by atoms with van der Waals surface area (Å²) >= 11 is 3.31. The number of hydrogen-bond acceptors (Lipinski definition) is 5. The molecule has 0 aliphatic rings. The highest BCUT2D eigenvalue weighted by atomic mass is 79.9. The first kappa shape index (κ1) is 16.1. The van der Waals surface area contributed by atoms with Crippen molar-refractivity contribution in [2.75, 3.05) is 29.1 Å². The van der Waals surface area contributed by atoms with E-state index in [0.717, 1.165) is 6.26 Å². The summed E-state index contributed by atoms with van der Waals surface area (Å²) in [5, 5.41) is 3.09. The monoisotopic (exact) mass is 351 g/mol. The molecule has 0 aromatic heterocycles. The van der Waals surface area contributed by atoms with E-state index < -0.39 is 15.7 Å². The highest BCUT2D eigenvalue weighted by Gasteiger charge is 2.19. The maximum absolute atomic E-state index is 11.3. The number of anilines is 3. The molecule has 0 radical (unpaired) electrons. The van der Waals surface area contributed by atoms with E-state index in [0.29, 0.717) is 21.5 Å². The van der Waals surface area contributed by atoms with Gasteiger partial charge in [0, 0.05) is 11.6 Å². The molecule has 0 atom stereocenters. The second-order valence-corrected chi connectivity index (χ2v) is 7.29. The van der Waals surface area contributed by atoms with Crippen molar-refractivity contribution in [2.24, 2.45) is 0 Å². The van der Waals surface area contributed by atoms with E-state index in [4.69, 9.17) is 10.5 Å². The fourth-order valence-corrected chi connectivity index (χ4v) is 2.41. The number of hydrogen-bond donors (Lipinski definition) is 3. The number of nitrogen functional groups attached to an aromatic ring is 1. The molecule has 19 heavy (non-hydrogen) atoms. The van der Waals surface area contributed by atoms with Crippen molar-refractivity contribution in [3.63, 3.8) is 0 Å². The maximum atomic E-state index is 11.3. The quantitative estimate of drug-likeness (QED) is 0.558. The highest BCUT2D eigenvalue weighted by molar-refractivity contribution is 9.10. The standard InChI is InChI=1S/C11H18BrN3O3S/c1-11(2,18-3)14-8-5-7(12)6-9(10(8)13)15-19(4,16)17/h5-6,14-15H,13H2,1-4H3. The van der Waals surface area contributed by atoms with Gasteiger partial charge in [-0.1, -0.05) is 15.9 Å². The van der Waals surface area contributed by atoms with Gasteiger partial charge in [0.05, 0.1) is 23.3 Å². The third kappa shape index (κ3) is 4.88. The Balaban J connectivity index is 3.21. The Morgan fingerprint density at radius 1 is 1.32 bits per heavy atom. The molecule has 0 unspecified atom stereocenters. The lowest BCUT2D eigenvalue weighted by molar-refractivity contribution is 0.0480. The van der Waals surface area contributed by atoms with Crippen LogP contribution in [0.4, 0.5) is 17.1 Å². The smallest absolute Gasteiger partial charge is 0.229 e. The fraction of sp³-hybridized carbons (Fsp3) is 0.455. The van der Waals surface area contributed by atoms with Crippen molar-refractivity contribution in [3.8, 4) is 0 Å². The summed E-state index contributed by atoms with van der Waals surface area (Å²) in [6.45, 7) is 3.66. The van der Waals surface area contributed by atoms with Crippen molar-refractivity contribution in [3.05, 3.63) is 16.6 Å². The van der Waals surface area contributed by atoms with Crippen LogP contribution in [-0.2, 0) is 14.8 Å². The zero-order valence-electron chi connectivity index (χ0n) is 11.2. The molecule has 108 valence electrons. The summed E-state index contributed by atoms with van der Waals surface area (Å²) in [6.07, 6.45) is 1.07. The van der Waals surface area contributed by atoms with Crippen LogP contribution < -0.4 is 15.8 Å². The highest BCUT2D eigenvalue weighted by Crippen LogP contribution is 2.34. The minimum absolute atomic E-state index is 0.304. The summed E-state index contributed by atoms with van der Waals surface area (Å²) < 4.78 is 30.9. The normalized spacial score (nSPS) is 12.3. The van der Waals surface area contributed by atoms with Crippen LogP contribution in [0.2, 0.25) is 0 Å². The van der Waals surface area contributed by atoms with Gasteiger partial charge in [-0.2, -0.15) is 0 Å². The average molecular weight is 352 g/mol. The lowest BCUT2D eigenvalue weighted by atomic mass is 10.2. The van der Waals surface area contributed by atoms with Gasteiger partial charge in [0.15, 0.2) is 0 Å². The number of rotatable bonds is 5. The first-order valence-corrected chi connectivity index (χ1v) is 8.12. The van der Waals surface area contributed by atoms with Crippen LogP contribution in [-0.4, -0.2) is 27.5 Å². The molecule has 0 saturated heterocycles. The van der Waals surface area contributed by atoms with Crippen LogP contribution in [0.1, 0.15) is 13.8 Å². The van der Waals surface area contributed by atoms with Gasteiger partial charge in [-0.15, -0.1) is 0 Å². The maximum Gasteiger partial charge on any atom is 0.229 e. The van der Waals surface area contributed by atoms with Crippen LogP contribution in [0, 0.1) is 0 Å². The topological polar surface area (TPSA) is 93.5 Å². The number of ether oxygens (including phenoxy) is 1. The molecule has 0 spiro atoms. The predicted molar refractivity (Wildman–Crippen MR) is 81.7 cm³/mol. The number of benzene rings is 1. The average Bonchev–Trinajstić information content (AvgIpc) is 2.22. The molecule has 0 fully saturated rings. The van der Waals surface area contributed by atoms with Crippen LogP contribution in [0.5, 0.6) is 0 Å². The first-order chi connectivity index (χ1) is 8.54.